The fraction of sp³-hybridized carbons (Fsp3) is 0.632. The third-order valence-electron chi connectivity index (χ3n) is 4.40. The van der Waals surface area contributed by atoms with Crippen molar-refractivity contribution >= 4 is 5.97 Å². The lowest BCUT2D eigenvalue weighted by atomic mass is 9.99. The van der Waals surface area contributed by atoms with Crippen LogP contribution in [0.25, 0.3) is 0 Å². The summed E-state index contributed by atoms with van der Waals surface area (Å²) in [7, 11) is 0. The van der Waals surface area contributed by atoms with Crippen molar-refractivity contribution in [2.75, 3.05) is 13.1 Å². The van der Waals surface area contributed by atoms with Crippen molar-refractivity contribution in [3.05, 3.63) is 35.9 Å². The number of carbonyl (C=O) groups is 1. The average Bonchev–Trinajstić information content (AvgIpc) is 2.54. The monoisotopic (exact) mass is 303 g/mol. The van der Waals surface area contributed by atoms with E-state index in [4.69, 9.17) is 4.74 Å². The van der Waals surface area contributed by atoms with E-state index in [1.807, 2.05) is 13.0 Å². The number of hydrogen-bond donors (Lipinski definition) is 0. The Morgan fingerprint density at radius 2 is 1.86 bits per heavy atom. The van der Waals surface area contributed by atoms with Crippen molar-refractivity contribution in [1.82, 2.24) is 4.90 Å². The Morgan fingerprint density at radius 1 is 1.18 bits per heavy atom. The Morgan fingerprint density at radius 3 is 2.50 bits per heavy atom. The minimum absolute atomic E-state index is 0.0234. The van der Waals surface area contributed by atoms with Gasteiger partial charge in [0.2, 0.25) is 0 Å². The lowest BCUT2D eigenvalue weighted by Gasteiger charge is -2.34. The van der Waals surface area contributed by atoms with Crippen LogP contribution in [0.1, 0.15) is 64.0 Å². The molecule has 0 aliphatic carbocycles. The van der Waals surface area contributed by atoms with Gasteiger partial charge in [-0.2, -0.15) is 0 Å². The predicted molar refractivity (Wildman–Crippen MR) is 89.7 cm³/mol. The molecule has 0 spiro atoms. The Kier molecular flexibility index (Phi) is 6.91. The number of esters is 1. The standard InChI is InChI=1S/C19H29NO2/c1-3-10-16(2)22-19(21)15-18(17-11-6-4-7-12-17)20-13-8-5-9-14-20/h4,6-7,11-12,16,18H,3,5,8-10,13-15H2,1-2H3/t16-,18-/m1/s1. The van der Waals surface area contributed by atoms with E-state index in [0.29, 0.717) is 6.42 Å². The lowest BCUT2D eigenvalue weighted by molar-refractivity contribution is -0.150. The summed E-state index contributed by atoms with van der Waals surface area (Å²) in [5.74, 6) is -0.0691. The van der Waals surface area contributed by atoms with Crippen molar-refractivity contribution in [1.29, 1.82) is 0 Å². The largest absolute Gasteiger partial charge is 0.463 e. The average molecular weight is 303 g/mol. The van der Waals surface area contributed by atoms with Gasteiger partial charge >= 0.3 is 5.97 Å². The molecule has 1 aromatic rings. The molecule has 2 rings (SSSR count). The number of benzene rings is 1. The van der Waals surface area contributed by atoms with Gasteiger partial charge in [0.05, 0.1) is 12.5 Å². The third kappa shape index (κ3) is 5.13. The quantitative estimate of drug-likeness (QED) is 0.702. The molecule has 0 radical (unpaired) electrons. The van der Waals surface area contributed by atoms with Crippen molar-refractivity contribution in [3.63, 3.8) is 0 Å². The molecular weight excluding hydrogens is 274 g/mol. The fourth-order valence-electron chi connectivity index (χ4n) is 3.26. The summed E-state index contributed by atoms with van der Waals surface area (Å²) in [5.41, 5.74) is 1.23. The second-order valence-electron chi connectivity index (χ2n) is 6.32. The van der Waals surface area contributed by atoms with Gasteiger partial charge in [-0.1, -0.05) is 50.1 Å². The van der Waals surface area contributed by atoms with Crippen molar-refractivity contribution in [2.24, 2.45) is 0 Å². The topological polar surface area (TPSA) is 29.5 Å². The van der Waals surface area contributed by atoms with Gasteiger partial charge in [0.1, 0.15) is 0 Å². The van der Waals surface area contributed by atoms with E-state index in [0.717, 1.165) is 25.9 Å². The molecule has 2 atom stereocenters. The maximum absolute atomic E-state index is 12.3. The smallest absolute Gasteiger partial charge is 0.307 e. The van der Waals surface area contributed by atoms with E-state index in [9.17, 15) is 4.79 Å². The maximum Gasteiger partial charge on any atom is 0.307 e. The Bertz CT molecular complexity index is 440. The Balaban J connectivity index is 2.02. The summed E-state index contributed by atoms with van der Waals surface area (Å²) < 4.78 is 5.57. The molecule has 0 amide bonds. The summed E-state index contributed by atoms with van der Waals surface area (Å²) in [5, 5.41) is 0. The van der Waals surface area contributed by atoms with Crippen LogP contribution >= 0.6 is 0 Å². The fourth-order valence-corrected chi connectivity index (χ4v) is 3.26. The second kappa shape index (κ2) is 8.94. The van der Waals surface area contributed by atoms with Gasteiger partial charge in [-0.15, -0.1) is 0 Å². The van der Waals surface area contributed by atoms with Crippen LogP contribution in [0, 0.1) is 0 Å². The molecule has 1 saturated heterocycles. The minimum Gasteiger partial charge on any atom is -0.463 e. The lowest BCUT2D eigenvalue weighted by Crippen LogP contribution is -2.35. The zero-order valence-corrected chi connectivity index (χ0v) is 14.0. The number of hydrogen-bond acceptors (Lipinski definition) is 3. The highest BCUT2D eigenvalue weighted by atomic mass is 16.5. The van der Waals surface area contributed by atoms with Crippen LogP contribution in [-0.4, -0.2) is 30.1 Å². The van der Waals surface area contributed by atoms with Crippen LogP contribution in [0.3, 0.4) is 0 Å². The molecule has 1 aromatic carbocycles. The molecule has 0 aromatic heterocycles. The normalized spacial score (nSPS) is 18.6. The summed E-state index contributed by atoms with van der Waals surface area (Å²) in [6.07, 6.45) is 6.22. The summed E-state index contributed by atoms with van der Waals surface area (Å²) in [6.45, 7) is 6.26. The number of nitrogens with zero attached hydrogens (tertiary/aromatic N) is 1. The van der Waals surface area contributed by atoms with E-state index >= 15 is 0 Å². The second-order valence-corrected chi connectivity index (χ2v) is 6.32. The van der Waals surface area contributed by atoms with Gasteiger partial charge in [0.15, 0.2) is 0 Å². The Hall–Kier alpha value is -1.35. The van der Waals surface area contributed by atoms with E-state index in [2.05, 4.69) is 36.1 Å². The zero-order chi connectivity index (χ0) is 15.8. The molecular formula is C19H29NO2. The van der Waals surface area contributed by atoms with Crippen LogP contribution in [-0.2, 0) is 9.53 Å². The molecule has 3 nitrogen and oxygen atoms in total. The molecule has 122 valence electrons. The van der Waals surface area contributed by atoms with Gasteiger partial charge < -0.3 is 4.74 Å². The highest BCUT2D eigenvalue weighted by Gasteiger charge is 2.25. The van der Waals surface area contributed by atoms with Crippen molar-refractivity contribution in [2.45, 2.75) is 64.5 Å². The van der Waals surface area contributed by atoms with Crippen LogP contribution in [0.5, 0.6) is 0 Å². The first kappa shape index (κ1) is 17.0. The van der Waals surface area contributed by atoms with Gasteiger partial charge in [-0.3, -0.25) is 9.69 Å². The van der Waals surface area contributed by atoms with Gasteiger partial charge in [-0.05, 0) is 44.8 Å². The highest BCUT2D eigenvalue weighted by Crippen LogP contribution is 2.28. The highest BCUT2D eigenvalue weighted by molar-refractivity contribution is 5.70. The van der Waals surface area contributed by atoms with Crippen molar-refractivity contribution < 1.29 is 9.53 Å². The number of ether oxygens (including phenoxy) is 1. The number of likely N-dealkylation sites (tertiary alicyclic amines) is 1. The van der Waals surface area contributed by atoms with Crippen LogP contribution in [0.15, 0.2) is 30.3 Å². The van der Waals surface area contributed by atoms with Crippen LogP contribution < -0.4 is 0 Å². The SMILES string of the molecule is CCC[C@@H](C)OC(=O)C[C@H](c1ccccc1)N1CCCCC1. The molecule has 1 heterocycles. The summed E-state index contributed by atoms with van der Waals surface area (Å²) in [6, 6.07) is 10.5. The van der Waals surface area contributed by atoms with Crippen molar-refractivity contribution in [3.8, 4) is 0 Å². The molecule has 0 unspecified atom stereocenters. The minimum atomic E-state index is -0.0691. The summed E-state index contributed by atoms with van der Waals surface area (Å²) >= 11 is 0. The first-order valence-corrected chi connectivity index (χ1v) is 8.69. The van der Waals surface area contributed by atoms with Crippen LogP contribution in [0.2, 0.25) is 0 Å². The van der Waals surface area contributed by atoms with E-state index in [-0.39, 0.29) is 18.1 Å². The molecule has 3 heteroatoms. The van der Waals surface area contributed by atoms with Gasteiger partial charge in [0, 0.05) is 6.04 Å². The molecule has 0 saturated carbocycles. The van der Waals surface area contributed by atoms with Gasteiger partial charge in [-0.25, -0.2) is 0 Å². The van der Waals surface area contributed by atoms with E-state index in [1.54, 1.807) is 0 Å². The number of rotatable bonds is 7. The Labute approximate surface area is 134 Å². The maximum atomic E-state index is 12.3. The van der Waals surface area contributed by atoms with Crippen LogP contribution in [0.4, 0.5) is 0 Å². The van der Waals surface area contributed by atoms with Gasteiger partial charge in [0.25, 0.3) is 0 Å². The number of carbonyl (C=O) groups excluding carboxylic acids is 1. The molecule has 22 heavy (non-hydrogen) atoms. The third-order valence-corrected chi connectivity index (χ3v) is 4.40. The first-order valence-electron chi connectivity index (χ1n) is 8.69. The first-order chi connectivity index (χ1) is 10.7. The zero-order valence-electron chi connectivity index (χ0n) is 14.0. The number of piperidine rings is 1. The molecule has 0 N–H and O–H groups in total. The summed E-state index contributed by atoms with van der Waals surface area (Å²) in [4.78, 5) is 14.8. The predicted octanol–water partition coefficient (Wildman–Crippen LogP) is 4.34. The molecule has 0 bridgehead atoms. The van der Waals surface area contributed by atoms with E-state index in [1.165, 1.54) is 24.8 Å². The molecule has 1 aliphatic rings. The molecule has 1 fully saturated rings. The molecule has 1 aliphatic heterocycles. The van der Waals surface area contributed by atoms with E-state index < -0.39 is 0 Å².